The highest BCUT2D eigenvalue weighted by atomic mass is 35.5. The number of amides is 2. The molecule has 32 heavy (non-hydrogen) atoms. The lowest BCUT2D eigenvalue weighted by Crippen LogP contribution is -2.36. The maximum atomic E-state index is 12.7. The van der Waals surface area contributed by atoms with Crippen molar-refractivity contribution in [3.05, 3.63) is 70.5 Å². The van der Waals surface area contributed by atoms with Gasteiger partial charge < -0.3 is 4.74 Å². The highest BCUT2D eigenvalue weighted by Gasteiger charge is 2.35. The molecule has 5 rings (SSSR count). The van der Waals surface area contributed by atoms with Crippen LogP contribution in [0.25, 0.3) is 5.69 Å². The zero-order valence-electron chi connectivity index (χ0n) is 17.1. The number of nitrogens with zero attached hydrogens (tertiary/aromatic N) is 5. The van der Waals surface area contributed by atoms with Crippen molar-refractivity contribution < 1.29 is 14.3 Å². The normalized spacial score (nSPS) is 16.6. The number of carbonyl (C=O) groups is 2. The minimum absolute atomic E-state index is 0.148. The van der Waals surface area contributed by atoms with Crippen LogP contribution in [0.1, 0.15) is 26.5 Å². The van der Waals surface area contributed by atoms with Crippen LogP contribution in [0.3, 0.4) is 0 Å². The highest BCUT2D eigenvalue weighted by Crippen LogP contribution is 2.29. The fourth-order valence-electron chi connectivity index (χ4n) is 3.78. The van der Waals surface area contributed by atoms with Gasteiger partial charge in [0, 0.05) is 23.8 Å². The van der Waals surface area contributed by atoms with Gasteiger partial charge in [-0.2, -0.15) is 0 Å². The maximum Gasteiger partial charge on any atom is 0.262 e. The van der Waals surface area contributed by atoms with Gasteiger partial charge in [0.1, 0.15) is 0 Å². The van der Waals surface area contributed by atoms with Gasteiger partial charge >= 0.3 is 0 Å². The van der Waals surface area contributed by atoms with Gasteiger partial charge in [0.15, 0.2) is 11.0 Å². The number of aromatic nitrogens is 3. The second-order valence-electron chi connectivity index (χ2n) is 7.46. The Morgan fingerprint density at radius 3 is 2.25 bits per heavy atom. The van der Waals surface area contributed by atoms with E-state index in [2.05, 4.69) is 15.1 Å². The van der Waals surface area contributed by atoms with Gasteiger partial charge in [0.05, 0.1) is 36.8 Å². The lowest BCUT2D eigenvalue weighted by atomic mass is 10.1. The third kappa shape index (κ3) is 4.04. The number of rotatable bonds is 6. The summed E-state index contributed by atoms with van der Waals surface area (Å²) >= 11 is 7.38. The molecule has 0 aliphatic carbocycles. The van der Waals surface area contributed by atoms with E-state index in [9.17, 15) is 9.59 Å². The Morgan fingerprint density at radius 1 is 0.938 bits per heavy atom. The summed E-state index contributed by atoms with van der Waals surface area (Å²) in [5.74, 6) is 0.350. The zero-order valence-corrected chi connectivity index (χ0v) is 18.7. The molecule has 0 atom stereocenters. The number of thioether (sulfide) groups is 1. The first-order valence-corrected chi connectivity index (χ1v) is 11.6. The molecule has 3 heterocycles. The Bertz CT molecular complexity index is 1130. The molecule has 0 spiro atoms. The van der Waals surface area contributed by atoms with E-state index in [4.69, 9.17) is 16.3 Å². The number of imide groups is 1. The van der Waals surface area contributed by atoms with Crippen molar-refractivity contribution in [2.24, 2.45) is 0 Å². The van der Waals surface area contributed by atoms with Crippen LogP contribution in [0, 0.1) is 0 Å². The predicted molar refractivity (Wildman–Crippen MR) is 120 cm³/mol. The molecular weight excluding hydrogens is 450 g/mol. The second kappa shape index (κ2) is 9.03. The first-order valence-electron chi connectivity index (χ1n) is 10.2. The van der Waals surface area contributed by atoms with Crippen molar-refractivity contribution in [3.8, 4) is 5.69 Å². The molecular formula is C22H20ClN5O3S. The molecule has 0 radical (unpaired) electrons. The molecule has 0 N–H and O–H groups in total. The lowest BCUT2D eigenvalue weighted by molar-refractivity contribution is 0.0328. The van der Waals surface area contributed by atoms with E-state index < -0.39 is 0 Å². The third-order valence-electron chi connectivity index (χ3n) is 5.45. The summed E-state index contributed by atoms with van der Waals surface area (Å²) in [5, 5.41) is 10.0. The minimum atomic E-state index is -0.288. The van der Waals surface area contributed by atoms with Crippen LogP contribution in [0.4, 0.5) is 0 Å². The number of halogens is 1. The molecule has 0 bridgehead atoms. The van der Waals surface area contributed by atoms with Gasteiger partial charge in [-0.1, -0.05) is 35.5 Å². The van der Waals surface area contributed by atoms with Gasteiger partial charge in [-0.15, -0.1) is 10.2 Å². The molecule has 2 aliphatic heterocycles. The summed E-state index contributed by atoms with van der Waals surface area (Å²) in [6.45, 7) is 3.65. The van der Waals surface area contributed by atoms with Gasteiger partial charge in [-0.05, 0) is 36.4 Å². The van der Waals surface area contributed by atoms with Crippen molar-refractivity contribution in [3.63, 3.8) is 0 Å². The topological polar surface area (TPSA) is 80.6 Å². The van der Waals surface area contributed by atoms with Crippen LogP contribution < -0.4 is 0 Å². The van der Waals surface area contributed by atoms with Crippen LogP contribution in [0.5, 0.6) is 0 Å². The number of carbonyl (C=O) groups excluding carboxylic acids is 2. The monoisotopic (exact) mass is 469 g/mol. The largest absolute Gasteiger partial charge is 0.379 e. The van der Waals surface area contributed by atoms with Gasteiger partial charge in [-0.3, -0.25) is 24.0 Å². The van der Waals surface area contributed by atoms with E-state index in [1.54, 1.807) is 24.3 Å². The van der Waals surface area contributed by atoms with Gasteiger partial charge in [0.25, 0.3) is 11.8 Å². The van der Waals surface area contributed by atoms with Crippen molar-refractivity contribution in [1.29, 1.82) is 0 Å². The molecule has 0 saturated carbocycles. The van der Waals surface area contributed by atoms with E-state index in [0.29, 0.717) is 41.1 Å². The third-order valence-corrected chi connectivity index (χ3v) is 6.62. The van der Waals surface area contributed by atoms with E-state index in [1.165, 1.54) is 16.7 Å². The molecule has 164 valence electrons. The quantitative estimate of drug-likeness (QED) is 0.405. The van der Waals surface area contributed by atoms with E-state index in [1.807, 2.05) is 28.8 Å². The molecule has 2 aliphatic rings. The van der Waals surface area contributed by atoms with Gasteiger partial charge in [-0.25, -0.2) is 0 Å². The summed E-state index contributed by atoms with van der Waals surface area (Å²) in [6.07, 6.45) is 0. The smallest absolute Gasteiger partial charge is 0.262 e. The molecule has 10 heteroatoms. The minimum Gasteiger partial charge on any atom is -0.379 e. The molecule has 8 nitrogen and oxygen atoms in total. The SMILES string of the molecule is O=C1c2ccccc2C(=O)N1CSc1nnc(CN2CCOCC2)n1-c1ccc(Cl)cc1. The van der Waals surface area contributed by atoms with Crippen LogP contribution in [-0.4, -0.2) is 68.6 Å². The number of morpholine rings is 1. The number of ether oxygens (including phenoxy) is 1. The summed E-state index contributed by atoms with van der Waals surface area (Å²) in [6, 6.07) is 14.3. The second-order valence-corrected chi connectivity index (χ2v) is 8.80. The Labute approximate surface area is 194 Å². The van der Waals surface area contributed by atoms with Crippen molar-refractivity contribution in [1.82, 2.24) is 24.6 Å². The van der Waals surface area contributed by atoms with Crippen LogP contribution in [0.15, 0.2) is 53.7 Å². The average molecular weight is 470 g/mol. The molecule has 1 saturated heterocycles. The summed E-state index contributed by atoms with van der Waals surface area (Å²) < 4.78 is 7.39. The average Bonchev–Trinajstić information content (AvgIpc) is 3.32. The summed E-state index contributed by atoms with van der Waals surface area (Å²) in [5.41, 5.74) is 1.74. The predicted octanol–water partition coefficient (Wildman–Crippen LogP) is 3.10. The molecule has 3 aromatic rings. The van der Waals surface area contributed by atoms with Crippen molar-refractivity contribution in [2.75, 3.05) is 32.2 Å². The highest BCUT2D eigenvalue weighted by molar-refractivity contribution is 7.99. The lowest BCUT2D eigenvalue weighted by Gasteiger charge is -2.26. The zero-order chi connectivity index (χ0) is 22.1. The molecule has 2 amide bonds. The van der Waals surface area contributed by atoms with Gasteiger partial charge in [0.2, 0.25) is 0 Å². The Morgan fingerprint density at radius 2 is 1.59 bits per heavy atom. The molecule has 1 fully saturated rings. The number of fused-ring (bicyclic) bond motifs is 1. The number of hydrogen-bond donors (Lipinski definition) is 0. The van der Waals surface area contributed by atoms with E-state index in [-0.39, 0.29) is 17.7 Å². The summed E-state index contributed by atoms with van der Waals surface area (Å²) in [4.78, 5) is 28.9. The summed E-state index contributed by atoms with van der Waals surface area (Å²) in [7, 11) is 0. The Hall–Kier alpha value is -2.72. The fraction of sp³-hybridized carbons (Fsp3) is 0.273. The van der Waals surface area contributed by atoms with Crippen molar-refractivity contribution in [2.45, 2.75) is 11.7 Å². The van der Waals surface area contributed by atoms with Crippen LogP contribution in [0.2, 0.25) is 5.02 Å². The Kier molecular flexibility index (Phi) is 5.97. The first kappa shape index (κ1) is 21.1. The fourth-order valence-corrected chi connectivity index (χ4v) is 4.83. The Balaban J connectivity index is 1.40. The van der Waals surface area contributed by atoms with Crippen LogP contribution >= 0.6 is 23.4 Å². The van der Waals surface area contributed by atoms with E-state index >= 15 is 0 Å². The molecule has 1 aromatic heterocycles. The standard InChI is InChI=1S/C22H20ClN5O3S/c23-15-5-7-16(8-6-15)28-19(13-26-9-11-31-12-10-26)24-25-22(28)32-14-27-20(29)17-3-1-2-4-18(17)21(27)30/h1-8H,9-14H2. The number of benzene rings is 2. The maximum absolute atomic E-state index is 12.7. The number of hydrogen-bond acceptors (Lipinski definition) is 7. The molecule has 0 unspecified atom stereocenters. The van der Waals surface area contributed by atoms with Crippen LogP contribution in [-0.2, 0) is 11.3 Å². The van der Waals surface area contributed by atoms with E-state index in [0.717, 1.165) is 24.6 Å². The molecule has 2 aromatic carbocycles. The van der Waals surface area contributed by atoms with Crippen molar-refractivity contribution >= 4 is 35.2 Å². The first-order chi connectivity index (χ1) is 15.6.